The highest BCUT2D eigenvalue weighted by Gasteiger charge is 2.11. The van der Waals surface area contributed by atoms with E-state index < -0.39 is 5.97 Å². The number of aromatic carboxylic acids is 1. The Morgan fingerprint density at radius 2 is 2.24 bits per heavy atom. The molecule has 88 valence electrons. The van der Waals surface area contributed by atoms with Crippen molar-refractivity contribution in [3.8, 4) is 0 Å². The molecule has 0 saturated carbocycles. The van der Waals surface area contributed by atoms with Gasteiger partial charge < -0.3 is 10.4 Å². The second-order valence-electron chi connectivity index (χ2n) is 3.66. The minimum absolute atomic E-state index is 0.225. The fourth-order valence-electron chi connectivity index (χ4n) is 1.70. The van der Waals surface area contributed by atoms with E-state index in [4.69, 9.17) is 11.6 Å². The summed E-state index contributed by atoms with van der Waals surface area (Å²) in [6.45, 7) is 0.527. The highest BCUT2D eigenvalue weighted by atomic mass is 35.5. The van der Waals surface area contributed by atoms with E-state index in [0.29, 0.717) is 28.2 Å². The molecule has 4 nitrogen and oxygen atoms in total. The van der Waals surface area contributed by atoms with Gasteiger partial charge in [0.2, 0.25) is 0 Å². The monoisotopic (exact) mass is 250 g/mol. The highest BCUT2D eigenvalue weighted by Crippen LogP contribution is 2.22. The summed E-state index contributed by atoms with van der Waals surface area (Å²) in [5.41, 5.74) is 1.56. The zero-order valence-electron chi connectivity index (χ0n) is 9.20. The predicted octanol–water partition coefficient (Wildman–Crippen LogP) is 2.31. The Bertz CT molecular complexity index is 584. The van der Waals surface area contributed by atoms with Gasteiger partial charge in [-0.3, -0.25) is 4.98 Å². The zero-order valence-corrected chi connectivity index (χ0v) is 9.95. The van der Waals surface area contributed by atoms with Crippen LogP contribution in [0, 0.1) is 0 Å². The third-order valence-electron chi connectivity index (χ3n) is 2.41. The number of carboxylic acid groups (broad SMARTS) is 1. The van der Waals surface area contributed by atoms with Crippen LogP contribution < -0.4 is 5.32 Å². The minimum Gasteiger partial charge on any atom is -0.478 e. The van der Waals surface area contributed by atoms with Crippen molar-refractivity contribution >= 4 is 28.5 Å². The summed E-state index contributed by atoms with van der Waals surface area (Å²) >= 11 is 5.86. The highest BCUT2D eigenvalue weighted by molar-refractivity contribution is 6.31. The van der Waals surface area contributed by atoms with E-state index in [0.717, 1.165) is 0 Å². The smallest absolute Gasteiger partial charge is 0.336 e. The first-order chi connectivity index (χ1) is 8.11. The Hall–Kier alpha value is -1.65. The first-order valence-corrected chi connectivity index (χ1v) is 5.46. The average Bonchev–Trinajstić information content (AvgIpc) is 2.28. The van der Waals surface area contributed by atoms with Gasteiger partial charge in [-0.05, 0) is 31.3 Å². The number of pyridine rings is 1. The average molecular weight is 251 g/mol. The lowest BCUT2D eigenvalue weighted by atomic mass is 10.1. The molecule has 0 fully saturated rings. The van der Waals surface area contributed by atoms with Crippen molar-refractivity contribution in [2.24, 2.45) is 0 Å². The third kappa shape index (κ3) is 2.38. The molecule has 0 saturated heterocycles. The van der Waals surface area contributed by atoms with Gasteiger partial charge in [0.15, 0.2) is 0 Å². The fourth-order valence-corrected chi connectivity index (χ4v) is 1.87. The predicted molar refractivity (Wildman–Crippen MR) is 66.5 cm³/mol. The lowest BCUT2D eigenvalue weighted by Gasteiger charge is -2.06. The minimum atomic E-state index is -0.975. The van der Waals surface area contributed by atoms with Gasteiger partial charge in [0.25, 0.3) is 0 Å². The molecule has 2 rings (SSSR count). The standard InChI is InChI=1S/C12H11ClN2O2/c1-14-6-8-5-10(12(16)17)9-4-7(13)2-3-11(9)15-8/h2-5,14H,6H2,1H3,(H,16,17). The van der Waals surface area contributed by atoms with E-state index >= 15 is 0 Å². The Morgan fingerprint density at radius 3 is 2.88 bits per heavy atom. The second kappa shape index (κ2) is 4.69. The molecule has 0 aliphatic carbocycles. The van der Waals surface area contributed by atoms with Gasteiger partial charge in [0, 0.05) is 17.0 Å². The normalized spacial score (nSPS) is 10.7. The molecule has 0 atom stereocenters. The van der Waals surface area contributed by atoms with E-state index in [9.17, 15) is 9.90 Å². The lowest BCUT2D eigenvalue weighted by Crippen LogP contribution is -2.09. The number of rotatable bonds is 3. The number of carboxylic acids is 1. The number of aromatic nitrogens is 1. The fraction of sp³-hybridized carbons (Fsp3) is 0.167. The number of hydrogen-bond acceptors (Lipinski definition) is 3. The molecule has 5 heteroatoms. The summed E-state index contributed by atoms with van der Waals surface area (Å²) in [5, 5.41) is 13.2. The van der Waals surface area contributed by atoms with E-state index in [1.54, 1.807) is 31.3 Å². The molecule has 1 heterocycles. The summed E-state index contributed by atoms with van der Waals surface area (Å²) in [4.78, 5) is 15.6. The summed E-state index contributed by atoms with van der Waals surface area (Å²) in [6.07, 6.45) is 0. The molecule has 0 amide bonds. The zero-order chi connectivity index (χ0) is 12.4. The number of fused-ring (bicyclic) bond motifs is 1. The van der Waals surface area contributed by atoms with Crippen LogP contribution >= 0.6 is 11.6 Å². The van der Waals surface area contributed by atoms with Crippen LogP contribution in [0.5, 0.6) is 0 Å². The summed E-state index contributed by atoms with van der Waals surface area (Å²) in [7, 11) is 1.79. The van der Waals surface area contributed by atoms with Crippen LogP contribution in [0.4, 0.5) is 0 Å². The number of benzene rings is 1. The molecule has 0 radical (unpaired) electrons. The molecule has 0 aliphatic rings. The Balaban J connectivity index is 2.72. The van der Waals surface area contributed by atoms with Crippen LogP contribution in [0.2, 0.25) is 5.02 Å². The van der Waals surface area contributed by atoms with Crippen molar-refractivity contribution < 1.29 is 9.90 Å². The van der Waals surface area contributed by atoms with Crippen molar-refractivity contribution in [2.45, 2.75) is 6.54 Å². The van der Waals surface area contributed by atoms with Gasteiger partial charge in [-0.1, -0.05) is 11.6 Å². The number of nitrogens with zero attached hydrogens (tertiary/aromatic N) is 1. The van der Waals surface area contributed by atoms with E-state index in [-0.39, 0.29) is 5.56 Å². The van der Waals surface area contributed by atoms with Gasteiger partial charge in [0.05, 0.1) is 16.8 Å². The first kappa shape index (κ1) is 11.8. The SMILES string of the molecule is CNCc1cc(C(=O)O)c2cc(Cl)ccc2n1. The van der Waals surface area contributed by atoms with E-state index in [1.807, 2.05) is 0 Å². The van der Waals surface area contributed by atoms with E-state index in [1.165, 1.54) is 0 Å². The van der Waals surface area contributed by atoms with Crippen LogP contribution in [0.3, 0.4) is 0 Å². The first-order valence-electron chi connectivity index (χ1n) is 5.09. The molecular formula is C12H11ClN2O2. The maximum absolute atomic E-state index is 11.2. The van der Waals surface area contributed by atoms with Crippen LogP contribution in [-0.4, -0.2) is 23.1 Å². The van der Waals surface area contributed by atoms with Crippen LogP contribution in [0.25, 0.3) is 10.9 Å². The Morgan fingerprint density at radius 1 is 1.47 bits per heavy atom. The van der Waals surface area contributed by atoms with Gasteiger partial charge in [-0.15, -0.1) is 0 Å². The molecule has 0 spiro atoms. The Kier molecular flexibility index (Phi) is 3.26. The van der Waals surface area contributed by atoms with Gasteiger partial charge in [0.1, 0.15) is 0 Å². The molecular weight excluding hydrogens is 240 g/mol. The van der Waals surface area contributed by atoms with Crippen molar-refractivity contribution in [3.05, 3.63) is 40.5 Å². The number of nitrogens with one attached hydrogen (secondary N) is 1. The lowest BCUT2D eigenvalue weighted by molar-refractivity contribution is 0.0699. The van der Waals surface area contributed by atoms with Crippen molar-refractivity contribution in [3.63, 3.8) is 0 Å². The molecule has 17 heavy (non-hydrogen) atoms. The van der Waals surface area contributed by atoms with Gasteiger partial charge in [-0.25, -0.2) is 4.79 Å². The number of carbonyl (C=O) groups is 1. The van der Waals surface area contributed by atoms with Crippen LogP contribution in [0.15, 0.2) is 24.3 Å². The quantitative estimate of drug-likeness (QED) is 0.878. The van der Waals surface area contributed by atoms with E-state index in [2.05, 4.69) is 10.3 Å². The second-order valence-corrected chi connectivity index (χ2v) is 4.09. The molecule has 1 aromatic heterocycles. The number of halogens is 1. The van der Waals surface area contributed by atoms with Crippen LogP contribution in [-0.2, 0) is 6.54 Å². The Labute approximate surface area is 103 Å². The van der Waals surface area contributed by atoms with Crippen molar-refractivity contribution in [2.75, 3.05) is 7.05 Å². The molecule has 2 N–H and O–H groups in total. The molecule has 2 aromatic rings. The van der Waals surface area contributed by atoms with Gasteiger partial charge in [-0.2, -0.15) is 0 Å². The largest absolute Gasteiger partial charge is 0.478 e. The molecule has 0 aliphatic heterocycles. The third-order valence-corrected chi connectivity index (χ3v) is 2.65. The number of hydrogen-bond donors (Lipinski definition) is 2. The van der Waals surface area contributed by atoms with Crippen molar-refractivity contribution in [1.29, 1.82) is 0 Å². The van der Waals surface area contributed by atoms with Gasteiger partial charge >= 0.3 is 5.97 Å². The topological polar surface area (TPSA) is 62.2 Å². The summed E-state index contributed by atoms with van der Waals surface area (Å²) in [5.74, 6) is -0.975. The summed E-state index contributed by atoms with van der Waals surface area (Å²) in [6, 6.07) is 6.61. The van der Waals surface area contributed by atoms with Crippen molar-refractivity contribution in [1.82, 2.24) is 10.3 Å². The maximum atomic E-state index is 11.2. The molecule has 1 aromatic carbocycles. The molecule has 0 unspecified atom stereocenters. The maximum Gasteiger partial charge on any atom is 0.336 e. The molecule has 0 bridgehead atoms. The van der Waals surface area contributed by atoms with Crippen LogP contribution in [0.1, 0.15) is 16.1 Å². The summed E-state index contributed by atoms with van der Waals surface area (Å²) < 4.78 is 0.